The Hall–Kier alpha value is -1.18. The third-order valence-electron chi connectivity index (χ3n) is 1.63. The summed E-state index contributed by atoms with van der Waals surface area (Å²) in [7, 11) is 0. The third-order valence-corrected chi connectivity index (χ3v) is 1.63. The van der Waals surface area contributed by atoms with Gasteiger partial charge in [0.1, 0.15) is 0 Å². The predicted molar refractivity (Wildman–Crippen MR) is 48.6 cm³/mol. The molecule has 7 nitrogen and oxygen atoms in total. The number of esters is 1. The monoisotopic (exact) mass is 221 g/mol. The summed E-state index contributed by atoms with van der Waals surface area (Å²) in [5, 5.41) is 26.1. The molecule has 3 atom stereocenters. The molecule has 0 aromatic rings. The molecule has 0 saturated carbocycles. The van der Waals surface area contributed by atoms with Crippen molar-refractivity contribution in [2.45, 2.75) is 38.2 Å². The van der Waals surface area contributed by atoms with Crippen molar-refractivity contribution in [1.82, 2.24) is 0 Å². The molecule has 0 aromatic heterocycles. The van der Waals surface area contributed by atoms with Crippen LogP contribution in [0.1, 0.15) is 19.8 Å². The van der Waals surface area contributed by atoms with Gasteiger partial charge in [-0.15, -0.1) is 0 Å². The third kappa shape index (κ3) is 4.73. The van der Waals surface area contributed by atoms with Crippen LogP contribution < -0.4 is 5.73 Å². The molecule has 88 valence electrons. The summed E-state index contributed by atoms with van der Waals surface area (Å²) in [5.41, 5.74) is 5.32. The zero-order valence-electron chi connectivity index (χ0n) is 8.29. The Morgan fingerprint density at radius 1 is 1.33 bits per heavy atom. The zero-order chi connectivity index (χ0) is 12.0. The maximum atomic E-state index is 11.0. The lowest BCUT2D eigenvalue weighted by Gasteiger charge is -2.16. The number of hydrogen-bond acceptors (Lipinski definition) is 6. The van der Waals surface area contributed by atoms with Crippen LogP contribution >= 0.6 is 0 Å². The van der Waals surface area contributed by atoms with Crippen molar-refractivity contribution in [2.24, 2.45) is 5.73 Å². The van der Waals surface area contributed by atoms with E-state index in [1.807, 2.05) is 6.92 Å². The van der Waals surface area contributed by atoms with Crippen molar-refractivity contribution in [3.05, 3.63) is 0 Å². The second-order valence-corrected chi connectivity index (χ2v) is 2.99. The van der Waals surface area contributed by atoms with E-state index in [-0.39, 0.29) is 0 Å². The Morgan fingerprint density at radius 3 is 2.27 bits per heavy atom. The zero-order valence-corrected chi connectivity index (χ0v) is 8.29. The standard InChI is InChI=1S/C8H15NO6/c1-2-3-4(9)15-8(14)6(11)5(10)7(12)13/h4-6,10-11H,2-3,9H2,1H3,(H,12,13). The maximum Gasteiger partial charge on any atom is 0.339 e. The molecule has 3 unspecified atom stereocenters. The highest BCUT2D eigenvalue weighted by molar-refractivity contribution is 5.84. The molecule has 0 rings (SSSR count). The minimum absolute atomic E-state index is 0.391. The molecule has 0 aliphatic heterocycles. The average Bonchev–Trinajstić information content (AvgIpc) is 2.15. The first-order valence-corrected chi connectivity index (χ1v) is 4.45. The summed E-state index contributed by atoms with van der Waals surface area (Å²) >= 11 is 0. The Balaban J connectivity index is 4.15. The lowest BCUT2D eigenvalue weighted by molar-refractivity contribution is -0.173. The van der Waals surface area contributed by atoms with E-state index in [9.17, 15) is 9.59 Å². The van der Waals surface area contributed by atoms with Gasteiger partial charge in [-0.3, -0.25) is 5.73 Å². The fourth-order valence-electron chi connectivity index (χ4n) is 0.826. The van der Waals surface area contributed by atoms with Crippen LogP contribution in [0.3, 0.4) is 0 Å². The molecule has 5 N–H and O–H groups in total. The topological polar surface area (TPSA) is 130 Å². The van der Waals surface area contributed by atoms with E-state index in [1.165, 1.54) is 0 Å². The fraction of sp³-hybridized carbons (Fsp3) is 0.750. The number of aliphatic hydroxyl groups is 2. The SMILES string of the molecule is CCCC(N)OC(=O)C(O)C(O)C(=O)O. The molecule has 0 aromatic carbocycles. The van der Waals surface area contributed by atoms with Crippen LogP contribution in [-0.2, 0) is 14.3 Å². The molecule has 0 aliphatic rings. The van der Waals surface area contributed by atoms with E-state index in [0.29, 0.717) is 12.8 Å². The van der Waals surface area contributed by atoms with Crippen LogP contribution in [-0.4, -0.2) is 45.7 Å². The number of carboxylic acids is 1. The number of nitrogens with two attached hydrogens (primary N) is 1. The van der Waals surface area contributed by atoms with Gasteiger partial charge in [0.15, 0.2) is 18.4 Å². The van der Waals surface area contributed by atoms with Gasteiger partial charge in [0.25, 0.3) is 0 Å². The molecule has 0 fully saturated rings. The highest BCUT2D eigenvalue weighted by Gasteiger charge is 2.32. The van der Waals surface area contributed by atoms with Crippen LogP contribution in [0.4, 0.5) is 0 Å². The van der Waals surface area contributed by atoms with Crippen molar-refractivity contribution in [1.29, 1.82) is 0 Å². The number of rotatable bonds is 6. The molecule has 0 aliphatic carbocycles. The second-order valence-electron chi connectivity index (χ2n) is 2.99. The molecule has 0 heterocycles. The van der Waals surface area contributed by atoms with E-state index in [0.717, 1.165) is 0 Å². The van der Waals surface area contributed by atoms with Crippen molar-refractivity contribution in [2.75, 3.05) is 0 Å². The molecule has 15 heavy (non-hydrogen) atoms. The minimum Gasteiger partial charge on any atom is -0.479 e. The number of carbonyl (C=O) groups excluding carboxylic acids is 1. The van der Waals surface area contributed by atoms with Gasteiger partial charge in [-0.25, -0.2) is 9.59 Å². The van der Waals surface area contributed by atoms with Crippen LogP contribution in [0.25, 0.3) is 0 Å². The Kier molecular flexibility index (Phi) is 5.83. The van der Waals surface area contributed by atoms with Gasteiger partial charge in [0, 0.05) is 0 Å². The first kappa shape index (κ1) is 13.8. The summed E-state index contributed by atoms with van der Waals surface area (Å²) in [6.45, 7) is 1.82. The van der Waals surface area contributed by atoms with Crippen molar-refractivity contribution >= 4 is 11.9 Å². The number of ether oxygens (including phenoxy) is 1. The van der Waals surface area contributed by atoms with Crippen LogP contribution in [0.15, 0.2) is 0 Å². The number of aliphatic carboxylic acids is 1. The summed E-state index contributed by atoms with van der Waals surface area (Å²) in [6, 6.07) is 0. The molecule has 0 amide bonds. The lowest BCUT2D eigenvalue weighted by atomic mass is 10.2. The van der Waals surface area contributed by atoms with Gasteiger partial charge in [0.05, 0.1) is 0 Å². The van der Waals surface area contributed by atoms with Crippen molar-refractivity contribution in [3.8, 4) is 0 Å². The number of carbonyl (C=O) groups is 2. The summed E-state index contributed by atoms with van der Waals surface area (Å²) in [4.78, 5) is 21.2. The second kappa shape index (κ2) is 6.33. The van der Waals surface area contributed by atoms with E-state index < -0.39 is 30.4 Å². The number of hydrogen-bond donors (Lipinski definition) is 4. The maximum absolute atomic E-state index is 11.0. The van der Waals surface area contributed by atoms with Gasteiger partial charge in [-0.1, -0.05) is 13.3 Å². The lowest BCUT2D eigenvalue weighted by Crippen LogP contribution is -2.43. The molecular weight excluding hydrogens is 206 g/mol. The smallest absolute Gasteiger partial charge is 0.339 e. The molecule has 0 radical (unpaired) electrons. The first-order valence-electron chi connectivity index (χ1n) is 4.45. The summed E-state index contributed by atoms with van der Waals surface area (Å²) in [5.74, 6) is -2.95. The van der Waals surface area contributed by atoms with Gasteiger partial charge in [-0.2, -0.15) is 0 Å². The fourth-order valence-corrected chi connectivity index (χ4v) is 0.826. The largest absolute Gasteiger partial charge is 0.479 e. The van der Waals surface area contributed by atoms with Gasteiger partial charge in [0.2, 0.25) is 0 Å². The Labute approximate surface area is 86.5 Å². The van der Waals surface area contributed by atoms with E-state index in [1.54, 1.807) is 0 Å². The van der Waals surface area contributed by atoms with Gasteiger partial charge in [-0.05, 0) is 6.42 Å². The van der Waals surface area contributed by atoms with Crippen LogP contribution in [0.5, 0.6) is 0 Å². The molecule has 0 saturated heterocycles. The predicted octanol–water partition coefficient (Wildman–Crippen LogP) is -1.58. The average molecular weight is 221 g/mol. The van der Waals surface area contributed by atoms with Crippen LogP contribution in [0, 0.1) is 0 Å². The minimum atomic E-state index is -2.20. The Morgan fingerprint density at radius 2 is 1.87 bits per heavy atom. The molecule has 0 spiro atoms. The number of aliphatic hydroxyl groups excluding tert-OH is 2. The van der Waals surface area contributed by atoms with Crippen molar-refractivity contribution in [3.63, 3.8) is 0 Å². The van der Waals surface area contributed by atoms with Crippen LogP contribution in [0.2, 0.25) is 0 Å². The highest BCUT2D eigenvalue weighted by atomic mass is 16.6. The highest BCUT2D eigenvalue weighted by Crippen LogP contribution is 2.01. The van der Waals surface area contributed by atoms with E-state index >= 15 is 0 Å². The van der Waals surface area contributed by atoms with E-state index in [2.05, 4.69) is 4.74 Å². The molecule has 7 heteroatoms. The summed E-state index contributed by atoms with van der Waals surface area (Å²) in [6.07, 6.45) is -4.16. The number of carboxylic acid groups (broad SMARTS) is 1. The van der Waals surface area contributed by atoms with Crippen molar-refractivity contribution < 1.29 is 29.6 Å². The molecule has 0 bridgehead atoms. The summed E-state index contributed by atoms with van der Waals surface area (Å²) < 4.78 is 4.49. The first-order chi connectivity index (χ1) is 6.90. The van der Waals surface area contributed by atoms with E-state index in [4.69, 9.17) is 21.1 Å². The Bertz CT molecular complexity index is 231. The quantitative estimate of drug-likeness (QED) is 0.314. The molecular formula is C8H15NO6. The normalized spacial score (nSPS) is 16.5. The van der Waals surface area contributed by atoms with Gasteiger partial charge < -0.3 is 20.1 Å². The van der Waals surface area contributed by atoms with Gasteiger partial charge >= 0.3 is 11.9 Å².